The van der Waals surface area contributed by atoms with Crippen molar-refractivity contribution in [3.8, 4) is 11.5 Å². The Kier molecular flexibility index (Phi) is 5.62. The summed E-state index contributed by atoms with van der Waals surface area (Å²) in [5.41, 5.74) is 6.94. The summed E-state index contributed by atoms with van der Waals surface area (Å²) in [4.78, 5) is 11.7. The molecule has 0 atom stereocenters. The number of hydrogen-bond donors (Lipinski definition) is 1. The van der Waals surface area contributed by atoms with E-state index in [1.54, 1.807) is 45.4 Å². The maximum Gasteiger partial charge on any atom is 0.249 e. The highest BCUT2D eigenvalue weighted by molar-refractivity contribution is 7.89. The molecule has 7 nitrogen and oxygen atoms in total. The molecule has 1 amide bonds. The van der Waals surface area contributed by atoms with Gasteiger partial charge in [-0.25, -0.2) is 8.42 Å². The Morgan fingerprint density at radius 1 is 1.14 bits per heavy atom. The number of primary amides is 1. The van der Waals surface area contributed by atoms with Crippen LogP contribution < -0.4 is 15.2 Å². The lowest BCUT2D eigenvalue weighted by atomic mass is 10.1. The van der Waals surface area contributed by atoms with Crippen molar-refractivity contribution in [3.63, 3.8) is 0 Å². The predicted molar refractivity (Wildman–Crippen MR) is 105 cm³/mol. The lowest BCUT2D eigenvalue weighted by molar-refractivity contribution is 0.0999. The third kappa shape index (κ3) is 3.98. The fourth-order valence-corrected chi connectivity index (χ4v) is 4.80. The average Bonchev–Trinajstić information content (AvgIpc) is 3.50. The van der Waals surface area contributed by atoms with Gasteiger partial charge in [-0.15, -0.1) is 0 Å². The summed E-state index contributed by atoms with van der Waals surface area (Å²) < 4.78 is 38.8. The van der Waals surface area contributed by atoms with Crippen molar-refractivity contribution in [1.82, 2.24) is 4.31 Å². The van der Waals surface area contributed by atoms with Crippen LogP contribution in [0.15, 0.2) is 41.3 Å². The van der Waals surface area contributed by atoms with E-state index in [1.807, 2.05) is 0 Å². The molecule has 0 bridgehead atoms. The van der Waals surface area contributed by atoms with E-state index in [0.29, 0.717) is 22.6 Å². The molecule has 0 aromatic heterocycles. The first kappa shape index (κ1) is 20.2. The molecule has 0 saturated heterocycles. The van der Waals surface area contributed by atoms with Gasteiger partial charge in [0.25, 0.3) is 0 Å². The number of methoxy groups -OCH3 is 2. The second-order valence-corrected chi connectivity index (χ2v) is 8.69. The van der Waals surface area contributed by atoms with Crippen molar-refractivity contribution in [3.05, 3.63) is 53.1 Å². The fourth-order valence-electron chi connectivity index (χ4n) is 3.11. The fraction of sp³-hybridized carbons (Fsp3) is 0.350. The molecule has 2 aromatic rings. The smallest absolute Gasteiger partial charge is 0.249 e. The van der Waals surface area contributed by atoms with Crippen molar-refractivity contribution in [1.29, 1.82) is 0 Å². The SMILES string of the molecule is COc1ccc(OC)c(CN(C2CC2)S(=O)(=O)c2ccc(C)c(C(N)=O)c2)c1. The zero-order valence-corrected chi connectivity index (χ0v) is 17.0. The largest absolute Gasteiger partial charge is 0.497 e. The summed E-state index contributed by atoms with van der Waals surface area (Å²) in [6.07, 6.45) is 1.58. The molecule has 2 aromatic carbocycles. The van der Waals surface area contributed by atoms with E-state index < -0.39 is 15.9 Å². The van der Waals surface area contributed by atoms with Gasteiger partial charge < -0.3 is 15.2 Å². The Morgan fingerprint density at radius 2 is 1.86 bits per heavy atom. The van der Waals surface area contributed by atoms with Gasteiger partial charge in [0.15, 0.2) is 0 Å². The first-order valence-electron chi connectivity index (χ1n) is 8.91. The molecule has 2 N–H and O–H groups in total. The van der Waals surface area contributed by atoms with Crippen LogP contribution in [0.25, 0.3) is 0 Å². The topological polar surface area (TPSA) is 98.9 Å². The van der Waals surface area contributed by atoms with Gasteiger partial charge >= 0.3 is 0 Å². The maximum atomic E-state index is 13.4. The minimum absolute atomic E-state index is 0.0562. The Labute approximate surface area is 165 Å². The van der Waals surface area contributed by atoms with Crippen LogP contribution in [0.5, 0.6) is 11.5 Å². The number of amides is 1. The monoisotopic (exact) mass is 404 g/mol. The van der Waals surface area contributed by atoms with E-state index in [4.69, 9.17) is 15.2 Å². The number of carbonyl (C=O) groups is 1. The number of rotatable bonds is 8. The third-order valence-electron chi connectivity index (χ3n) is 4.85. The zero-order chi connectivity index (χ0) is 20.5. The summed E-state index contributed by atoms with van der Waals surface area (Å²) in [5.74, 6) is 0.556. The van der Waals surface area contributed by atoms with Gasteiger partial charge in [0.1, 0.15) is 11.5 Å². The van der Waals surface area contributed by atoms with Crippen LogP contribution in [-0.4, -0.2) is 38.9 Å². The summed E-state index contributed by atoms with van der Waals surface area (Å²) in [7, 11) is -0.728. The lowest BCUT2D eigenvalue weighted by Gasteiger charge is -2.23. The quantitative estimate of drug-likeness (QED) is 0.729. The number of hydrogen-bond acceptors (Lipinski definition) is 5. The van der Waals surface area contributed by atoms with Crippen LogP contribution in [-0.2, 0) is 16.6 Å². The van der Waals surface area contributed by atoms with Crippen LogP contribution >= 0.6 is 0 Å². The molecule has 1 aliphatic carbocycles. The van der Waals surface area contributed by atoms with Crippen LogP contribution in [0.2, 0.25) is 0 Å². The van der Waals surface area contributed by atoms with Gasteiger partial charge in [-0.05, 0) is 55.7 Å². The van der Waals surface area contributed by atoms with Gasteiger partial charge in [-0.2, -0.15) is 4.31 Å². The van der Waals surface area contributed by atoms with Crippen LogP contribution in [0.1, 0.15) is 34.3 Å². The Hall–Kier alpha value is -2.58. The number of nitrogens with two attached hydrogens (primary N) is 1. The molecule has 150 valence electrons. The molecule has 3 rings (SSSR count). The molecule has 8 heteroatoms. The van der Waals surface area contributed by atoms with E-state index in [-0.39, 0.29) is 23.0 Å². The summed E-state index contributed by atoms with van der Waals surface area (Å²) in [6, 6.07) is 9.66. The van der Waals surface area contributed by atoms with Crippen LogP contribution in [0, 0.1) is 6.92 Å². The number of benzene rings is 2. The Balaban J connectivity index is 2.01. The van der Waals surface area contributed by atoms with E-state index in [1.165, 1.54) is 16.4 Å². The number of nitrogens with zero attached hydrogens (tertiary/aromatic N) is 1. The van der Waals surface area contributed by atoms with Gasteiger partial charge in [0, 0.05) is 23.7 Å². The number of carbonyl (C=O) groups excluding carboxylic acids is 1. The highest BCUT2D eigenvalue weighted by Gasteiger charge is 2.38. The Morgan fingerprint density at radius 3 is 2.43 bits per heavy atom. The van der Waals surface area contributed by atoms with E-state index in [9.17, 15) is 13.2 Å². The first-order chi connectivity index (χ1) is 13.3. The summed E-state index contributed by atoms with van der Waals surface area (Å²) in [5, 5.41) is 0. The highest BCUT2D eigenvalue weighted by atomic mass is 32.2. The Bertz CT molecular complexity index is 1000. The second kappa shape index (κ2) is 7.81. The molecular formula is C20H24N2O5S. The summed E-state index contributed by atoms with van der Waals surface area (Å²) >= 11 is 0. The molecular weight excluding hydrogens is 380 g/mol. The molecule has 0 radical (unpaired) electrons. The second-order valence-electron chi connectivity index (χ2n) is 6.80. The molecule has 28 heavy (non-hydrogen) atoms. The van der Waals surface area contributed by atoms with Crippen molar-refractivity contribution >= 4 is 15.9 Å². The molecule has 1 fully saturated rings. The highest BCUT2D eigenvalue weighted by Crippen LogP contribution is 2.36. The molecule has 1 saturated carbocycles. The van der Waals surface area contributed by atoms with Gasteiger partial charge in [-0.3, -0.25) is 4.79 Å². The average molecular weight is 404 g/mol. The van der Waals surface area contributed by atoms with Gasteiger partial charge in [0.05, 0.1) is 19.1 Å². The van der Waals surface area contributed by atoms with Crippen molar-refractivity contribution in [2.75, 3.05) is 14.2 Å². The van der Waals surface area contributed by atoms with Crippen molar-refractivity contribution in [2.45, 2.75) is 37.2 Å². The molecule has 0 aliphatic heterocycles. The van der Waals surface area contributed by atoms with Crippen molar-refractivity contribution < 1.29 is 22.7 Å². The minimum atomic E-state index is -3.82. The van der Waals surface area contributed by atoms with E-state index >= 15 is 0 Å². The third-order valence-corrected chi connectivity index (χ3v) is 6.74. The number of sulfonamides is 1. The van der Waals surface area contributed by atoms with Crippen LogP contribution in [0.3, 0.4) is 0 Å². The zero-order valence-electron chi connectivity index (χ0n) is 16.1. The lowest BCUT2D eigenvalue weighted by Crippen LogP contribution is -2.33. The molecule has 0 heterocycles. The number of aryl methyl sites for hydroxylation is 1. The van der Waals surface area contributed by atoms with Crippen LogP contribution in [0.4, 0.5) is 0 Å². The van der Waals surface area contributed by atoms with Gasteiger partial charge in [0.2, 0.25) is 15.9 Å². The standard InChI is InChI=1S/C20H24N2O5S/c1-13-4-8-17(11-18(13)20(21)23)28(24,25)22(15-5-6-15)12-14-10-16(26-2)7-9-19(14)27-3/h4,7-11,15H,5-6,12H2,1-3H3,(H2,21,23). The maximum absolute atomic E-state index is 13.4. The van der Waals surface area contributed by atoms with E-state index in [0.717, 1.165) is 12.8 Å². The molecule has 0 spiro atoms. The van der Waals surface area contributed by atoms with E-state index in [2.05, 4.69) is 0 Å². The minimum Gasteiger partial charge on any atom is -0.497 e. The normalized spacial score (nSPS) is 14.1. The number of ether oxygens (including phenoxy) is 2. The van der Waals surface area contributed by atoms with Gasteiger partial charge in [-0.1, -0.05) is 6.07 Å². The molecule has 1 aliphatic rings. The van der Waals surface area contributed by atoms with Crippen molar-refractivity contribution in [2.24, 2.45) is 5.73 Å². The first-order valence-corrected chi connectivity index (χ1v) is 10.3. The molecule has 0 unspecified atom stereocenters. The predicted octanol–water partition coefficient (Wildman–Crippen LogP) is 2.46. The summed E-state index contributed by atoms with van der Waals surface area (Å²) in [6.45, 7) is 1.86.